The molecule has 0 aliphatic heterocycles. The van der Waals surface area contributed by atoms with Gasteiger partial charge in [-0.25, -0.2) is 0 Å². The Morgan fingerprint density at radius 2 is 2.10 bits per heavy atom. The van der Waals surface area contributed by atoms with Gasteiger partial charge in [-0.15, -0.1) is 0 Å². The molecule has 0 bridgehead atoms. The summed E-state index contributed by atoms with van der Waals surface area (Å²) in [5.74, 6) is 0. The van der Waals surface area contributed by atoms with Crippen LogP contribution in [0.5, 0.6) is 0 Å². The fraction of sp³-hybridized carbons (Fsp3) is 1.00. The number of methoxy groups -OCH3 is 1. The molecule has 0 aromatic carbocycles. The zero-order valence-corrected chi connectivity index (χ0v) is 13.0. The maximum Gasteiger partial charge on any atom is 0.0700 e. The summed E-state index contributed by atoms with van der Waals surface area (Å²) in [5, 5.41) is 13.1. The maximum atomic E-state index is 9.60. The van der Waals surface area contributed by atoms with E-state index in [1.165, 1.54) is 0 Å². The summed E-state index contributed by atoms with van der Waals surface area (Å²) in [6.45, 7) is 6.04. The molecule has 0 saturated heterocycles. The van der Waals surface area contributed by atoms with Gasteiger partial charge < -0.3 is 24.6 Å². The van der Waals surface area contributed by atoms with Gasteiger partial charge >= 0.3 is 0 Å². The van der Waals surface area contributed by atoms with E-state index in [1.807, 2.05) is 0 Å². The first-order valence-electron chi connectivity index (χ1n) is 7.80. The maximum absolute atomic E-state index is 9.60. The minimum atomic E-state index is -0.115. The number of hydrogen-bond donors (Lipinski definition) is 2. The van der Waals surface area contributed by atoms with Crippen molar-refractivity contribution in [1.82, 2.24) is 5.32 Å². The smallest absolute Gasteiger partial charge is 0.0700 e. The normalized spacial score (nSPS) is 26.2. The van der Waals surface area contributed by atoms with Crippen LogP contribution in [0.4, 0.5) is 0 Å². The van der Waals surface area contributed by atoms with Gasteiger partial charge in [0.25, 0.3) is 0 Å². The van der Waals surface area contributed by atoms with Gasteiger partial charge in [0.15, 0.2) is 0 Å². The van der Waals surface area contributed by atoms with Gasteiger partial charge in [-0.1, -0.05) is 6.92 Å². The molecule has 1 rings (SSSR count). The topological polar surface area (TPSA) is 60.0 Å². The first kappa shape index (κ1) is 17.9. The molecule has 0 spiro atoms. The highest BCUT2D eigenvalue weighted by Gasteiger charge is 2.38. The van der Waals surface area contributed by atoms with Crippen LogP contribution in [0.15, 0.2) is 0 Å². The molecule has 20 heavy (non-hydrogen) atoms. The van der Waals surface area contributed by atoms with Crippen molar-refractivity contribution in [2.75, 3.05) is 46.7 Å². The number of rotatable bonds is 12. The first-order valence-corrected chi connectivity index (χ1v) is 7.80. The molecule has 2 N–H and O–H groups in total. The van der Waals surface area contributed by atoms with Crippen LogP contribution in [0, 0.1) is 0 Å². The minimum Gasteiger partial charge on any atom is -0.394 e. The van der Waals surface area contributed by atoms with Crippen LogP contribution in [0.25, 0.3) is 0 Å². The lowest BCUT2D eigenvalue weighted by Gasteiger charge is -2.28. The molecule has 0 heterocycles. The van der Waals surface area contributed by atoms with Gasteiger partial charge in [-0.2, -0.15) is 0 Å². The van der Waals surface area contributed by atoms with Gasteiger partial charge in [-0.05, 0) is 38.6 Å². The molecule has 1 fully saturated rings. The molecule has 120 valence electrons. The van der Waals surface area contributed by atoms with Crippen LogP contribution in [-0.4, -0.2) is 63.4 Å². The van der Waals surface area contributed by atoms with Crippen LogP contribution >= 0.6 is 0 Å². The summed E-state index contributed by atoms with van der Waals surface area (Å²) < 4.78 is 16.2. The van der Waals surface area contributed by atoms with Gasteiger partial charge in [0.05, 0.1) is 25.9 Å². The van der Waals surface area contributed by atoms with Crippen LogP contribution < -0.4 is 5.32 Å². The third-order valence-corrected chi connectivity index (χ3v) is 3.83. The van der Waals surface area contributed by atoms with Gasteiger partial charge in [0.2, 0.25) is 0 Å². The number of aliphatic hydroxyl groups excluding tert-OH is 1. The monoisotopic (exact) mass is 289 g/mol. The third-order valence-electron chi connectivity index (χ3n) is 3.83. The summed E-state index contributed by atoms with van der Waals surface area (Å²) in [4.78, 5) is 0. The highest BCUT2D eigenvalue weighted by molar-refractivity contribution is 4.96. The predicted octanol–water partition coefficient (Wildman–Crippen LogP) is 1.34. The molecule has 1 aliphatic rings. The van der Waals surface area contributed by atoms with E-state index in [1.54, 1.807) is 7.11 Å². The van der Waals surface area contributed by atoms with Crippen molar-refractivity contribution in [1.29, 1.82) is 0 Å². The van der Waals surface area contributed by atoms with Crippen molar-refractivity contribution in [2.45, 2.75) is 50.7 Å². The molecule has 0 amide bonds. The molecule has 5 heteroatoms. The van der Waals surface area contributed by atoms with Gasteiger partial charge in [0.1, 0.15) is 0 Å². The van der Waals surface area contributed by atoms with Crippen molar-refractivity contribution < 1.29 is 19.3 Å². The number of hydrogen-bond acceptors (Lipinski definition) is 5. The summed E-state index contributed by atoms with van der Waals surface area (Å²) in [5.41, 5.74) is -0.115. The van der Waals surface area contributed by atoms with E-state index in [0.29, 0.717) is 13.2 Å². The number of ether oxygens (including phenoxy) is 3. The molecular formula is C15H31NO4. The minimum absolute atomic E-state index is 0.115. The van der Waals surface area contributed by atoms with Crippen LogP contribution in [0.3, 0.4) is 0 Å². The summed E-state index contributed by atoms with van der Waals surface area (Å²) in [6, 6.07) is 0. The second kappa shape index (κ2) is 10.5. The highest BCUT2D eigenvalue weighted by Crippen LogP contribution is 2.31. The van der Waals surface area contributed by atoms with E-state index in [0.717, 1.165) is 51.9 Å². The lowest BCUT2D eigenvalue weighted by Crippen LogP contribution is -2.47. The molecule has 0 aromatic rings. The Kier molecular flexibility index (Phi) is 9.39. The average Bonchev–Trinajstić information content (AvgIpc) is 2.88. The van der Waals surface area contributed by atoms with E-state index in [9.17, 15) is 5.11 Å². The van der Waals surface area contributed by atoms with E-state index in [4.69, 9.17) is 14.2 Å². The van der Waals surface area contributed by atoms with Crippen LogP contribution in [0.2, 0.25) is 0 Å². The quantitative estimate of drug-likeness (QED) is 0.531. The second-order valence-corrected chi connectivity index (χ2v) is 5.56. The lowest BCUT2D eigenvalue weighted by molar-refractivity contribution is 0.0210. The van der Waals surface area contributed by atoms with Crippen molar-refractivity contribution in [3.05, 3.63) is 0 Å². The van der Waals surface area contributed by atoms with E-state index in [2.05, 4.69) is 12.2 Å². The molecule has 2 unspecified atom stereocenters. The predicted molar refractivity (Wildman–Crippen MR) is 79.0 cm³/mol. The van der Waals surface area contributed by atoms with Crippen molar-refractivity contribution >= 4 is 0 Å². The Bertz CT molecular complexity index is 240. The van der Waals surface area contributed by atoms with Crippen LogP contribution in [-0.2, 0) is 14.2 Å². The molecule has 0 radical (unpaired) electrons. The standard InChI is InChI=1S/C15H31NO4/c1-3-7-16-15(13-17)6-5-14(12-15)20-9-4-8-19-11-10-18-2/h14,16-17H,3-13H2,1-2H3. The third kappa shape index (κ3) is 6.50. The zero-order valence-electron chi connectivity index (χ0n) is 13.0. The molecule has 0 aromatic heterocycles. The first-order chi connectivity index (χ1) is 9.76. The van der Waals surface area contributed by atoms with Gasteiger partial charge in [0, 0.05) is 25.9 Å². The molecule has 1 aliphatic carbocycles. The second-order valence-electron chi connectivity index (χ2n) is 5.56. The largest absolute Gasteiger partial charge is 0.394 e. The van der Waals surface area contributed by atoms with E-state index in [-0.39, 0.29) is 18.2 Å². The Labute approximate surface area is 123 Å². The zero-order chi connectivity index (χ0) is 14.7. The molecule has 2 atom stereocenters. The molecular weight excluding hydrogens is 258 g/mol. The van der Waals surface area contributed by atoms with Gasteiger partial charge in [-0.3, -0.25) is 0 Å². The highest BCUT2D eigenvalue weighted by atomic mass is 16.5. The Morgan fingerprint density at radius 1 is 1.25 bits per heavy atom. The van der Waals surface area contributed by atoms with Crippen molar-refractivity contribution in [2.24, 2.45) is 0 Å². The summed E-state index contributed by atoms with van der Waals surface area (Å²) in [6.07, 6.45) is 5.21. The fourth-order valence-corrected chi connectivity index (χ4v) is 2.63. The summed E-state index contributed by atoms with van der Waals surface area (Å²) >= 11 is 0. The van der Waals surface area contributed by atoms with Crippen molar-refractivity contribution in [3.8, 4) is 0 Å². The van der Waals surface area contributed by atoms with Crippen LogP contribution in [0.1, 0.15) is 39.0 Å². The lowest BCUT2D eigenvalue weighted by atomic mass is 9.98. The number of nitrogens with one attached hydrogen (secondary N) is 1. The molecule has 1 saturated carbocycles. The van der Waals surface area contributed by atoms with Crippen molar-refractivity contribution in [3.63, 3.8) is 0 Å². The van der Waals surface area contributed by atoms with E-state index >= 15 is 0 Å². The Hall–Kier alpha value is -0.200. The fourth-order valence-electron chi connectivity index (χ4n) is 2.63. The SMILES string of the molecule is CCCNC1(CO)CCC(OCCCOCCOC)C1. The Morgan fingerprint density at radius 3 is 2.80 bits per heavy atom. The molecule has 5 nitrogen and oxygen atoms in total. The number of aliphatic hydroxyl groups is 1. The Balaban J connectivity index is 2.08. The van der Waals surface area contributed by atoms with E-state index < -0.39 is 0 Å². The average molecular weight is 289 g/mol. The summed E-state index contributed by atoms with van der Waals surface area (Å²) in [7, 11) is 1.67.